The quantitative estimate of drug-likeness (QED) is 0.852. The van der Waals surface area contributed by atoms with Gasteiger partial charge in [0.15, 0.2) is 0 Å². The predicted molar refractivity (Wildman–Crippen MR) is 83.2 cm³/mol. The third-order valence-electron chi connectivity index (χ3n) is 2.70. The molecule has 4 heteroatoms. The highest BCUT2D eigenvalue weighted by Gasteiger charge is 2.08. The molecule has 0 saturated carbocycles. The third kappa shape index (κ3) is 3.72. The number of benzene rings is 2. The van der Waals surface area contributed by atoms with E-state index in [-0.39, 0.29) is 0 Å². The first-order valence-corrected chi connectivity index (χ1v) is 7.14. The highest BCUT2D eigenvalue weighted by molar-refractivity contribution is 9.10. The Morgan fingerprint density at radius 3 is 2.68 bits per heavy atom. The van der Waals surface area contributed by atoms with Crippen molar-refractivity contribution < 1.29 is 4.74 Å². The predicted octanol–water partition coefficient (Wildman–Crippen LogP) is 4.92. The molecule has 19 heavy (non-hydrogen) atoms. The van der Waals surface area contributed by atoms with Gasteiger partial charge in [0.05, 0.1) is 5.02 Å². The summed E-state index contributed by atoms with van der Waals surface area (Å²) < 4.78 is 6.93. The van der Waals surface area contributed by atoms with E-state index in [0.717, 1.165) is 27.9 Å². The second kappa shape index (κ2) is 6.42. The topological polar surface area (TPSA) is 21.3 Å². The van der Waals surface area contributed by atoms with Crippen molar-refractivity contribution in [3.05, 3.63) is 57.0 Å². The lowest BCUT2D eigenvalue weighted by atomic mass is 10.2. The number of rotatable bonds is 4. The number of aryl methyl sites for hydroxylation is 1. The van der Waals surface area contributed by atoms with Crippen LogP contribution in [0.15, 0.2) is 40.9 Å². The zero-order valence-corrected chi connectivity index (χ0v) is 13.2. The van der Waals surface area contributed by atoms with Gasteiger partial charge < -0.3 is 10.1 Å². The van der Waals surface area contributed by atoms with Crippen LogP contribution in [0.4, 0.5) is 0 Å². The summed E-state index contributed by atoms with van der Waals surface area (Å²) in [5.74, 6) is 1.48. The summed E-state index contributed by atoms with van der Waals surface area (Å²) >= 11 is 9.62. The van der Waals surface area contributed by atoms with Gasteiger partial charge in [0.2, 0.25) is 0 Å². The first-order chi connectivity index (χ1) is 9.10. The van der Waals surface area contributed by atoms with E-state index in [2.05, 4.69) is 21.2 Å². The number of nitrogens with one attached hydrogen (secondary N) is 1. The van der Waals surface area contributed by atoms with Crippen LogP contribution in [0, 0.1) is 6.92 Å². The maximum Gasteiger partial charge on any atom is 0.146 e. The second-order valence-corrected chi connectivity index (χ2v) is 5.64. The van der Waals surface area contributed by atoms with E-state index in [0.29, 0.717) is 10.8 Å². The van der Waals surface area contributed by atoms with Crippen molar-refractivity contribution in [2.24, 2.45) is 0 Å². The lowest BCUT2D eigenvalue weighted by Gasteiger charge is -2.13. The van der Waals surface area contributed by atoms with Gasteiger partial charge in [-0.05, 0) is 43.8 Å². The second-order valence-electron chi connectivity index (χ2n) is 4.32. The Bertz CT molecular complexity index is 586. The molecule has 0 heterocycles. The van der Waals surface area contributed by atoms with Gasteiger partial charge in [-0.2, -0.15) is 0 Å². The average molecular weight is 341 g/mol. The zero-order valence-electron chi connectivity index (χ0n) is 10.8. The maximum absolute atomic E-state index is 6.16. The van der Waals surface area contributed by atoms with Crippen molar-refractivity contribution in [1.29, 1.82) is 0 Å². The van der Waals surface area contributed by atoms with Crippen LogP contribution < -0.4 is 10.1 Å². The SMILES string of the molecule is CNCc1ccc(Br)cc1Oc1cc(C)ccc1Cl. The van der Waals surface area contributed by atoms with E-state index in [9.17, 15) is 0 Å². The summed E-state index contributed by atoms with van der Waals surface area (Å²) in [5.41, 5.74) is 2.20. The van der Waals surface area contributed by atoms with E-state index >= 15 is 0 Å². The summed E-state index contributed by atoms with van der Waals surface area (Å²) in [6.07, 6.45) is 0. The van der Waals surface area contributed by atoms with Crippen LogP contribution in [0.3, 0.4) is 0 Å². The molecule has 0 fully saturated rings. The summed E-state index contributed by atoms with van der Waals surface area (Å²) in [7, 11) is 1.91. The van der Waals surface area contributed by atoms with E-state index in [1.165, 1.54) is 0 Å². The summed E-state index contributed by atoms with van der Waals surface area (Å²) in [6.45, 7) is 2.75. The van der Waals surface area contributed by atoms with Gasteiger partial charge in [-0.15, -0.1) is 0 Å². The van der Waals surface area contributed by atoms with Crippen LogP contribution in [-0.2, 0) is 6.54 Å². The molecule has 0 saturated heterocycles. The fourth-order valence-corrected chi connectivity index (χ4v) is 2.26. The molecule has 0 aliphatic carbocycles. The molecule has 0 unspecified atom stereocenters. The Morgan fingerprint density at radius 2 is 1.95 bits per heavy atom. The average Bonchev–Trinajstić information content (AvgIpc) is 2.37. The molecule has 0 spiro atoms. The Kier molecular flexibility index (Phi) is 4.86. The monoisotopic (exact) mass is 339 g/mol. The minimum atomic E-state index is 0.612. The lowest BCUT2D eigenvalue weighted by Crippen LogP contribution is -2.06. The smallest absolute Gasteiger partial charge is 0.146 e. The number of hydrogen-bond donors (Lipinski definition) is 1. The van der Waals surface area contributed by atoms with Gasteiger partial charge >= 0.3 is 0 Å². The minimum absolute atomic E-state index is 0.612. The van der Waals surface area contributed by atoms with Gasteiger partial charge in [0, 0.05) is 16.6 Å². The molecule has 0 aromatic heterocycles. The van der Waals surface area contributed by atoms with Crippen LogP contribution in [0.2, 0.25) is 5.02 Å². The van der Waals surface area contributed by atoms with Crippen LogP contribution in [0.5, 0.6) is 11.5 Å². The standard InChI is InChI=1S/C15H15BrClNO/c1-10-3-6-13(17)15(7-10)19-14-8-12(16)5-4-11(14)9-18-2/h3-8,18H,9H2,1-2H3. The third-order valence-corrected chi connectivity index (χ3v) is 3.51. The van der Waals surface area contributed by atoms with Crippen molar-refractivity contribution in [2.75, 3.05) is 7.05 Å². The fourth-order valence-electron chi connectivity index (χ4n) is 1.77. The molecule has 2 aromatic rings. The molecule has 0 radical (unpaired) electrons. The normalized spacial score (nSPS) is 10.5. The van der Waals surface area contributed by atoms with E-state index < -0.39 is 0 Å². The summed E-state index contributed by atoms with van der Waals surface area (Å²) in [5, 5.41) is 3.74. The van der Waals surface area contributed by atoms with E-state index in [1.54, 1.807) is 0 Å². The van der Waals surface area contributed by atoms with Crippen molar-refractivity contribution in [2.45, 2.75) is 13.5 Å². The van der Waals surface area contributed by atoms with Crippen molar-refractivity contribution >= 4 is 27.5 Å². The fraction of sp³-hybridized carbons (Fsp3) is 0.200. The van der Waals surface area contributed by atoms with Crippen LogP contribution >= 0.6 is 27.5 Å². The van der Waals surface area contributed by atoms with Gasteiger partial charge in [-0.25, -0.2) is 0 Å². The highest BCUT2D eigenvalue weighted by Crippen LogP contribution is 2.33. The van der Waals surface area contributed by atoms with Gasteiger partial charge in [0.1, 0.15) is 11.5 Å². The molecule has 0 amide bonds. The Labute approximate surface area is 126 Å². The Hall–Kier alpha value is -1.03. The molecule has 0 aliphatic heterocycles. The van der Waals surface area contributed by atoms with Crippen LogP contribution in [-0.4, -0.2) is 7.05 Å². The lowest BCUT2D eigenvalue weighted by molar-refractivity contribution is 0.474. The van der Waals surface area contributed by atoms with Gasteiger partial charge in [-0.3, -0.25) is 0 Å². The van der Waals surface area contributed by atoms with Gasteiger partial charge in [-0.1, -0.05) is 39.7 Å². The van der Waals surface area contributed by atoms with E-state index in [1.807, 2.05) is 50.4 Å². The van der Waals surface area contributed by atoms with Crippen LogP contribution in [0.25, 0.3) is 0 Å². The number of ether oxygens (including phenoxy) is 1. The molecule has 1 N–H and O–H groups in total. The Morgan fingerprint density at radius 1 is 1.16 bits per heavy atom. The molecule has 2 aromatic carbocycles. The first-order valence-electron chi connectivity index (χ1n) is 5.97. The maximum atomic E-state index is 6.16. The van der Waals surface area contributed by atoms with Crippen molar-refractivity contribution in [1.82, 2.24) is 5.32 Å². The van der Waals surface area contributed by atoms with Crippen molar-refractivity contribution in [3.8, 4) is 11.5 Å². The summed E-state index contributed by atoms with van der Waals surface area (Å²) in [4.78, 5) is 0. The largest absolute Gasteiger partial charge is 0.455 e. The number of hydrogen-bond acceptors (Lipinski definition) is 2. The molecular weight excluding hydrogens is 326 g/mol. The van der Waals surface area contributed by atoms with Gasteiger partial charge in [0.25, 0.3) is 0 Å². The number of halogens is 2. The van der Waals surface area contributed by atoms with Crippen LogP contribution in [0.1, 0.15) is 11.1 Å². The Balaban J connectivity index is 2.36. The molecule has 2 rings (SSSR count). The molecule has 0 atom stereocenters. The first kappa shape index (κ1) is 14.4. The zero-order chi connectivity index (χ0) is 13.8. The molecular formula is C15H15BrClNO. The minimum Gasteiger partial charge on any atom is -0.455 e. The molecule has 0 aliphatic rings. The molecule has 2 nitrogen and oxygen atoms in total. The van der Waals surface area contributed by atoms with Crippen molar-refractivity contribution in [3.63, 3.8) is 0 Å². The highest BCUT2D eigenvalue weighted by atomic mass is 79.9. The molecule has 0 bridgehead atoms. The summed E-state index contributed by atoms with van der Waals surface area (Å²) in [6, 6.07) is 11.7. The van der Waals surface area contributed by atoms with E-state index in [4.69, 9.17) is 16.3 Å². The molecule has 100 valence electrons.